The molecule has 0 aliphatic heterocycles. The van der Waals surface area contributed by atoms with Crippen LogP contribution in [-0.4, -0.2) is 0 Å². The Balaban J connectivity index is 5.08. The van der Waals surface area contributed by atoms with Crippen LogP contribution in [0.2, 0.25) is 0 Å². The summed E-state index contributed by atoms with van der Waals surface area (Å²) >= 11 is 0. The van der Waals surface area contributed by atoms with Gasteiger partial charge >= 0.3 is 0 Å². The lowest BCUT2D eigenvalue weighted by molar-refractivity contribution is 0.441. The highest BCUT2D eigenvalue weighted by molar-refractivity contribution is 5.25. The minimum Gasteiger partial charge on any atom is -0.197 e. The van der Waals surface area contributed by atoms with E-state index in [1.54, 1.807) is 31.2 Å². The van der Waals surface area contributed by atoms with Gasteiger partial charge < -0.3 is 0 Å². The van der Waals surface area contributed by atoms with Crippen LogP contribution in [0.5, 0.6) is 0 Å². The molecule has 58 valence electrons. The van der Waals surface area contributed by atoms with Crippen LogP contribution in [0.4, 0.5) is 0 Å². The van der Waals surface area contributed by atoms with Gasteiger partial charge in [-0.2, -0.15) is 21.0 Å². The van der Waals surface area contributed by atoms with Crippen LogP contribution in [-0.2, 0) is 0 Å². The second-order valence-corrected chi connectivity index (χ2v) is 2.24. The summed E-state index contributed by atoms with van der Waals surface area (Å²) in [6.07, 6.45) is 0.186. The highest BCUT2D eigenvalue weighted by atomic mass is 14.5. The molecular formula is C8H6N4. The van der Waals surface area contributed by atoms with E-state index in [2.05, 4.69) is 0 Å². The van der Waals surface area contributed by atoms with Gasteiger partial charge in [0.1, 0.15) is 0 Å². The molecule has 0 amide bonds. The summed E-state index contributed by atoms with van der Waals surface area (Å²) in [7, 11) is 0. The molecule has 4 heteroatoms. The Morgan fingerprint density at radius 3 is 1.58 bits per heavy atom. The van der Waals surface area contributed by atoms with Crippen molar-refractivity contribution >= 4 is 0 Å². The van der Waals surface area contributed by atoms with Crippen molar-refractivity contribution in [3.05, 3.63) is 0 Å². The highest BCUT2D eigenvalue weighted by Crippen LogP contribution is 2.29. The van der Waals surface area contributed by atoms with Crippen molar-refractivity contribution in [2.45, 2.75) is 13.3 Å². The molecular weight excluding hydrogens is 152 g/mol. The zero-order valence-electron chi connectivity index (χ0n) is 6.57. The van der Waals surface area contributed by atoms with Crippen LogP contribution in [0.25, 0.3) is 0 Å². The predicted octanol–water partition coefficient (Wildman–Crippen LogP) is 1.09. The van der Waals surface area contributed by atoms with Crippen LogP contribution in [0.1, 0.15) is 13.3 Å². The molecule has 0 radical (unpaired) electrons. The first-order valence-corrected chi connectivity index (χ1v) is 3.32. The van der Waals surface area contributed by atoms with Gasteiger partial charge in [-0.1, -0.05) is 6.92 Å². The molecule has 0 heterocycles. The topological polar surface area (TPSA) is 95.2 Å². The fourth-order valence-electron chi connectivity index (χ4n) is 0.766. The Labute approximate surface area is 70.9 Å². The van der Waals surface area contributed by atoms with Gasteiger partial charge in [-0.3, -0.25) is 0 Å². The molecule has 0 aromatic rings. The Kier molecular flexibility index (Phi) is 3.29. The minimum absolute atomic E-state index is 0.186. The Hall–Kier alpha value is -2.04. The quantitative estimate of drug-likeness (QED) is 0.600. The van der Waals surface area contributed by atoms with E-state index in [1.165, 1.54) is 0 Å². The maximum absolute atomic E-state index is 8.63. The first-order chi connectivity index (χ1) is 5.70. The van der Waals surface area contributed by atoms with Crippen molar-refractivity contribution in [1.82, 2.24) is 0 Å². The van der Waals surface area contributed by atoms with Gasteiger partial charge in [0.2, 0.25) is 0 Å². The molecule has 0 aliphatic rings. The van der Waals surface area contributed by atoms with Gasteiger partial charge in [0.05, 0.1) is 24.3 Å². The summed E-state index contributed by atoms with van der Waals surface area (Å²) in [6.45, 7) is 1.61. The number of hydrogen-bond acceptors (Lipinski definition) is 4. The minimum atomic E-state index is -1.47. The number of nitriles is 4. The second-order valence-electron chi connectivity index (χ2n) is 2.24. The Morgan fingerprint density at radius 2 is 1.50 bits per heavy atom. The van der Waals surface area contributed by atoms with Crippen molar-refractivity contribution in [1.29, 1.82) is 21.0 Å². The van der Waals surface area contributed by atoms with E-state index in [9.17, 15) is 0 Å². The summed E-state index contributed by atoms with van der Waals surface area (Å²) in [5.74, 6) is -1.17. The largest absolute Gasteiger partial charge is 0.197 e. The molecule has 0 saturated carbocycles. The van der Waals surface area contributed by atoms with Crippen molar-refractivity contribution < 1.29 is 0 Å². The van der Waals surface area contributed by atoms with E-state index in [1.807, 2.05) is 0 Å². The van der Waals surface area contributed by atoms with Crippen molar-refractivity contribution in [2.24, 2.45) is 11.3 Å². The second kappa shape index (κ2) is 3.97. The van der Waals surface area contributed by atoms with Gasteiger partial charge in [-0.05, 0) is 6.42 Å². The average Bonchev–Trinajstić information content (AvgIpc) is 2.14. The maximum atomic E-state index is 8.63. The molecule has 0 aromatic heterocycles. The molecule has 0 N–H and O–H groups in total. The smallest absolute Gasteiger partial charge is 0.172 e. The first kappa shape index (κ1) is 9.96. The molecule has 0 atom stereocenters. The zero-order valence-corrected chi connectivity index (χ0v) is 6.57. The molecule has 0 rings (SSSR count). The summed E-state index contributed by atoms with van der Waals surface area (Å²) in [5.41, 5.74) is -1.47. The van der Waals surface area contributed by atoms with E-state index in [4.69, 9.17) is 21.0 Å². The lowest BCUT2D eigenvalue weighted by Crippen LogP contribution is -2.24. The van der Waals surface area contributed by atoms with E-state index < -0.39 is 11.3 Å². The van der Waals surface area contributed by atoms with E-state index in [0.29, 0.717) is 0 Å². The van der Waals surface area contributed by atoms with E-state index in [0.717, 1.165) is 0 Å². The van der Waals surface area contributed by atoms with Crippen LogP contribution in [0, 0.1) is 56.7 Å². The third kappa shape index (κ3) is 1.34. The standard InChI is InChI=1S/C8H6N4/c1-2-8(5-11,6-12)7(3-9)4-10/h7H,2H2,1H3. The van der Waals surface area contributed by atoms with Crippen LogP contribution >= 0.6 is 0 Å². The van der Waals surface area contributed by atoms with Crippen LogP contribution < -0.4 is 0 Å². The molecule has 4 nitrogen and oxygen atoms in total. The van der Waals surface area contributed by atoms with Gasteiger partial charge in [0.25, 0.3) is 0 Å². The number of nitrogens with zero attached hydrogens (tertiary/aromatic N) is 4. The van der Waals surface area contributed by atoms with Gasteiger partial charge in [-0.15, -0.1) is 0 Å². The molecule has 0 saturated heterocycles. The maximum Gasteiger partial charge on any atom is 0.172 e. The lowest BCUT2D eigenvalue weighted by Gasteiger charge is -2.15. The number of rotatable bonds is 2. The fourth-order valence-corrected chi connectivity index (χ4v) is 0.766. The van der Waals surface area contributed by atoms with Crippen LogP contribution in [0.3, 0.4) is 0 Å². The van der Waals surface area contributed by atoms with Crippen molar-refractivity contribution in [3.63, 3.8) is 0 Å². The molecule has 0 fully saturated rings. The normalized spacial score (nSPS) is 9.17. The summed E-state index contributed by atoms with van der Waals surface area (Å²) in [4.78, 5) is 0. The molecule has 0 spiro atoms. The first-order valence-electron chi connectivity index (χ1n) is 3.32. The zero-order chi connectivity index (χ0) is 9.61. The SMILES string of the molecule is CCC(C#N)(C#N)C(C#N)C#N. The monoisotopic (exact) mass is 158 g/mol. The third-order valence-corrected chi connectivity index (χ3v) is 1.71. The molecule has 0 bridgehead atoms. The fraction of sp³-hybridized carbons (Fsp3) is 0.500. The van der Waals surface area contributed by atoms with Crippen LogP contribution in [0.15, 0.2) is 0 Å². The van der Waals surface area contributed by atoms with Gasteiger partial charge in [0, 0.05) is 0 Å². The van der Waals surface area contributed by atoms with Crippen molar-refractivity contribution in [2.75, 3.05) is 0 Å². The van der Waals surface area contributed by atoms with Gasteiger partial charge in [-0.25, -0.2) is 0 Å². The summed E-state index contributed by atoms with van der Waals surface area (Å²) in [6, 6.07) is 6.70. The molecule has 12 heavy (non-hydrogen) atoms. The summed E-state index contributed by atoms with van der Waals surface area (Å²) in [5, 5.41) is 34.2. The highest BCUT2D eigenvalue weighted by Gasteiger charge is 2.38. The third-order valence-electron chi connectivity index (χ3n) is 1.71. The molecule has 0 aromatic carbocycles. The van der Waals surface area contributed by atoms with E-state index in [-0.39, 0.29) is 6.42 Å². The Morgan fingerprint density at radius 1 is 1.08 bits per heavy atom. The molecule has 0 unspecified atom stereocenters. The average molecular weight is 158 g/mol. The van der Waals surface area contributed by atoms with E-state index >= 15 is 0 Å². The lowest BCUT2D eigenvalue weighted by atomic mass is 9.77. The summed E-state index contributed by atoms with van der Waals surface area (Å²) < 4.78 is 0. The number of hydrogen-bond donors (Lipinski definition) is 0. The Bertz CT molecular complexity index is 289. The van der Waals surface area contributed by atoms with Gasteiger partial charge in [0.15, 0.2) is 11.3 Å². The molecule has 0 aliphatic carbocycles. The van der Waals surface area contributed by atoms with Crippen molar-refractivity contribution in [3.8, 4) is 24.3 Å². The predicted molar refractivity (Wildman–Crippen MR) is 38.7 cm³/mol.